The van der Waals surface area contributed by atoms with Crippen molar-refractivity contribution < 1.29 is 13.2 Å². The van der Waals surface area contributed by atoms with Crippen molar-refractivity contribution in [1.29, 1.82) is 0 Å². The molecule has 65 heavy (non-hydrogen) atoms. The van der Waals surface area contributed by atoms with Crippen LogP contribution in [0.2, 0.25) is 0 Å². The average Bonchev–Trinajstić information content (AvgIpc) is 4.04. The molecule has 0 radical (unpaired) electrons. The van der Waals surface area contributed by atoms with Gasteiger partial charge in [-0.1, -0.05) is 236 Å². The van der Waals surface area contributed by atoms with Crippen LogP contribution in [0.3, 0.4) is 0 Å². The monoisotopic (exact) mass is 963 g/mol. The van der Waals surface area contributed by atoms with E-state index in [2.05, 4.69) is 45.0 Å². The highest BCUT2D eigenvalue weighted by Crippen LogP contribution is 2.55. The van der Waals surface area contributed by atoms with E-state index in [4.69, 9.17) is 0 Å². The fraction of sp³-hybridized carbons (Fsp3) is 0.621. The molecule has 0 atom stereocenters. The lowest BCUT2D eigenvalue weighted by molar-refractivity contribution is -0.137. The Labute approximate surface area is 408 Å². The van der Waals surface area contributed by atoms with Gasteiger partial charge in [-0.15, -0.1) is 45.3 Å². The van der Waals surface area contributed by atoms with Gasteiger partial charge in [-0.2, -0.15) is 13.2 Å². The summed E-state index contributed by atoms with van der Waals surface area (Å²) in [5.74, 6) is 0. The maximum atomic E-state index is 13.6. The zero-order valence-corrected chi connectivity index (χ0v) is 43.8. The number of alkyl halides is 3. The van der Waals surface area contributed by atoms with E-state index < -0.39 is 11.7 Å². The van der Waals surface area contributed by atoms with E-state index >= 15 is 0 Å². The van der Waals surface area contributed by atoms with Crippen LogP contribution in [0.4, 0.5) is 13.2 Å². The quantitative estimate of drug-likeness (QED) is 0.0354. The first-order chi connectivity index (χ1) is 31.8. The highest BCUT2D eigenvalue weighted by Gasteiger charge is 2.31. The van der Waals surface area contributed by atoms with Gasteiger partial charge < -0.3 is 0 Å². The van der Waals surface area contributed by atoms with Gasteiger partial charge in [0, 0.05) is 9.75 Å². The third-order valence-corrected chi connectivity index (χ3v) is 19.6. The Kier molecular flexibility index (Phi) is 22.8. The van der Waals surface area contributed by atoms with E-state index in [0.29, 0.717) is 0 Å². The molecule has 7 heteroatoms. The molecule has 0 amide bonds. The summed E-state index contributed by atoms with van der Waals surface area (Å²) in [5.41, 5.74) is 5.86. The summed E-state index contributed by atoms with van der Waals surface area (Å²) >= 11 is 7.76. The molecule has 0 unspecified atom stereocenters. The molecule has 358 valence electrons. The van der Waals surface area contributed by atoms with Gasteiger partial charge in [0.25, 0.3) is 0 Å². The molecule has 0 nitrogen and oxygen atoms in total. The molecule has 0 fully saturated rings. The van der Waals surface area contributed by atoms with Crippen molar-refractivity contribution in [2.24, 2.45) is 0 Å². The minimum Gasteiger partial charge on any atom is -0.166 e. The van der Waals surface area contributed by atoms with Gasteiger partial charge in [0.05, 0.1) is 33.8 Å². The van der Waals surface area contributed by atoms with Crippen LogP contribution in [-0.4, -0.2) is 0 Å². The Hall–Kier alpha value is -2.19. The van der Waals surface area contributed by atoms with Gasteiger partial charge in [-0.3, -0.25) is 0 Å². The molecule has 0 saturated carbocycles. The third-order valence-electron chi connectivity index (χ3n) is 13.8. The van der Waals surface area contributed by atoms with E-state index in [-0.39, 0.29) is 0 Å². The van der Waals surface area contributed by atoms with E-state index in [9.17, 15) is 13.2 Å². The second kappa shape index (κ2) is 28.3. The second-order valence-corrected chi connectivity index (χ2v) is 23.4. The summed E-state index contributed by atoms with van der Waals surface area (Å²) in [7, 11) is 0. The van der Waals surface area contributed by atoms with Crippen LogP contribution in [0, 0.1) is 6.92 Å². The largest absolute Gasteiger partial charge is 0.416 e. The lowest BCUT2D eigenvalue weighted by Crippen LogP contribution is -2.04. The molecule has 4 heterocycles. The normalized spacial score (nSPS) is 12.3. The summed E-state index contributed by atoms with van der Waals surface area (Å²) in [6.45, 7) is 6.75. The molecule has 4 aromatic heterocycles. The molecule has 0 saturated heterocycles. The maximum absolute atomic E-state index is 13.6. The first-order valence-electron chi connectivity index (χ1n) is 26.5. The Balaban J connectivity index is 1.09. The van der Waals surface area contributed by atoms with Crippen molar-refractivity contribution in [3.05, 3.63) is 70.8 Å². The molecule has 2 aromatic carbocycles. The van der Waals surface area contributed by atoms with Gasteiger partial charge in [-0.05, 0) is 67.0 Å². The Morgan fingerprint density at radius 3 is 0.923 bits per heavy atom. The van der Waals surface area contributed by atoms with Crippen molar-refractivity contribution in [2.75, 3.05) is 0 Å². The zero-order chi connectivity index (χ0) is 45.7. The number of benzene rings is 2. The Morgan fingerprint density at radius 1 is 0.338 bits per heavy atom. The standard InChI is InChI=1S/C58H81F3S4/c1-4-6-8-10-12-14-16-18-20-22-24-26-28-30-32-34-48-50(45-38-36-44(3)37-39-45)62-54-52(48)64-57-55-53(65-56(54)57)49(51(63-55)46-40-42-47(43-41-46)58(59,60)61)35-33-31-29-27-25-23-21-19-17-15-13-11-9-7-5-2/h36-43H,4-35H2,1-3H3. The van der Waals surface area contributed by atoms with Crippen LogP contribution >= 0.6 is 45.3 Å². The van der Waals surface area contributed by atoms with Crippen LogP contribution in [0.5, 0.6) is 0 Å². The molecule has 0 bridgehead atoms. The molecule has 6 rings (SSSR count). The number of hydrogen-bond acceptors (Lipinski definition) is 4. The van der Waals surface area contributed by atoms with E-state index in [1.165, 1.54) is 259 Å². The van der Waals surface area contributed by atoms with Crippen LogP contribution in [0.25, 0.3) is 49.1 Å². The van der Waals surface area contributed by atoms with Gasteiger partial charge in [-0.25, -0.2) is 0 Å². The van der Waals surface area contributed by atoms with Gasteiger partial charge in [0.15, 0.2) is 0 Å². The first-order valence-corrected chi connectivity index (χ1v) is 29.7. The highest BCUT2D eigenvalue weighted by atomic mass is 32.1. The molecule has 0 N–H and O–H groups in total. The van der Waals surface area contributed by atoms with E-state index in [0.717, 1.165) is 24.8 Å². The molecular formula is C58H81F3S4. The Bertz CT molecular complexity index is 2210. The van der Waals surface area contributed by atoms with Crippen molar-refractivity contribution in [3.8, 4) is 20.9 Å². The van der Waals surface area contributed by atoms with Gasteiger partial charge in [0.2, 0.25) is 0 Å². The molecule has 0 aliphatic rings. The van der Waals surface area contributed by atoms with Crippen molar-refractivity contribution in [1.82, 2.24) is 0 Å². The average molecular weight is 964 g/mol. The van der Waals surface area contributed by atoms with Crippen molar-refractivity contribution >= 4 is 73.5 Å². The summed E-state index contributed by atoms with van der Waals surface area (Å²) in [5, 5.41) is 0. The smallest absolute Gasteiger partial charge is 0.166 e. The summed E-state index contributed by atoms with van der Waals surface area (Å²) in [6, 6.07) is 15.1. The summed E-state index contributed by atoms with van der Waals surface area (Å²) in [4.78, 5) is 2.61. The maximum Gasteiger partial charge on any atom is 0.416 e. The first kappa shape index (κ1) is 52.2. The van der Waals surface area contributed by atoms with Crippen LogP contribution < -0.4 is 0 Å². The number of hydrogen-bond donors (Lipinski definition) is 0. The predicted octanol–water partition coefficient (Wildman–Crippen LogP) is 22.9. The topological polar surface area (TPSA) is 0 Å². The number of aryl methyl sites for hydroxylation is 3. The van der Waals surface area contributed by atoms with Gasteiger partial charge >= 0.3 is 6.18 Å². The Morgan fingerprint density at radius 2 is 0.615 bits per heavy atom. The fourth-order valence-corrected chi connectivity index (χ4v) is 16.1. The lowest BCUT2D eigenvalue weighted by Gasteiger charge is -2.09. The predicted molar refractivity (Wildman–Crippen MR) is 288 cm³/mol. The minimum atomic E-state index is -4.33. The number of thiophene rings is 4. The number of fused-ring (bicyclic) bond motifs is 5. The van der Waals surface area contributed by atoms with Crippen LogP contribution in [-0.2, 0) is 19.0 Å². The second-order valence-electron chi connectivity index (χ2n) is 19.3. The molecule has 0 aliphatic heterocycles. The molecule has 0 spiro atoms. The lowest BCUT2D eigenvalue weighted by atomic mass is 10.0. The molecule has 6 aromatic rings. The van der Waals surface area contributed by atoms with E-state index in [1.807, 2.05) is 45.3 Å². The minimum absolute atomic E-state index is 0.574. The van der Waals surface area contributed by atoms with Gasteiger partial charge in [0.1, 0.15) is 0 Å². The number of halogens is 3. The fourth-order valence-electron chi connectivity index (χ4n) is 9.79. The van der Waals surface area contributed by atoms with E-state index in [1.54, 1.807) is 12.1 Å². The molecule has 0 aliphatic carbocycles. The summed E-state index contributed by atoms with van der Waals surface area (Å²) in [6.07, 6.45) is 38.5. The zero-order valence-electron chi connectivity index (χ0n) is 40.5. The van der Waals surface area contributed by atoms with Crippen LogP contribution in [0.15, 0.2) is 48.5 Å². The highest BCUT2D eigenvalue weighted by molar-refractivity contribution is 7.45. The van der Waals surface area contributed by atoms with Crippen molar-refractivity contribution in [2.45, 2.75) is 232 Å². The van der Waals surface area contributed by atoms with Crippen LogP contribution in [0.1, 0.15) is 229 Å². The number of unbranched alkanes of at least 4 members (excludes halogenated alkanes) is 28. The third kappa shape index (κ3) is 15.9. The number of rotatable bonds is 34. The SMILES string of the molecule is CCCCCCCCCCCCCCCCCc1c(-c2ccc(C)cc2)sc2c1sc1c3sc(-c4ccc(C(F)(F)F)cc4)c(CCCCCCCCCCCCCCCCC)c3sc21. The molecular weight excluding hydrogens is 882 g/mol. The van der Waals surface area contributed by atoms with Crippen molar-refractivity contribution in [3.63, 3.8) is 0 Å². The summed E-state index contributed by atoms with van der Waals surface area (Å²) < 4.78 is 49.3.